The summed E-state index contributed by atoms with van der Waals surface area (Å²) in [6, 6.07) is 7.88. The summed E-state index contributed by atoms with van der Waals surface area (Å²) in [5.74, 6) is -1.10. The normalized spacial score (nSPS) is 17.2. The van der Waals surface area contributed by atoms with Crippen LogP contribution >= 0.6 is 0 Å². The Kier molecular flexibility index (Phi) is 5.36. The molecule has 1 saturated heterocycles. The third-order valence-electron chi connectivity index (χ3n) is 5.76. The molecule has 0 saturated carbocycles. The second-order valence-electron chi connectivity index (χ2n) is 7.76. The zero-order chi connectivity index (χ0) is 22.3. The van der Waals surface area contributed by atoms with Crippen molar-refractivity contribution in [2.75, 3.05) is 25.1 Å². The van der Waals surface area contributed by atoms with Gasteiger partial charge in [-0.05, 0) is 49.6 Å². The van der Waals surface area contributed by atoms with E-state index in [1.807, 2.05) is 11.8 Å². The monoisotopic (exact) mass is 426 g/mol. The van der Waals surface area contributed by atoms with Gasteiger partial charge < -0.3 is 25.0 Å². The maximum atomic E-state index is 15.0. The van der Waals surface area contributed by atoms with Gasteiger partial charge in [-0.1, -0.05) is 0 Å². The number of benzene rings is 1. The van der Waals surface area contributed by atoms with Gasteiger partial charge in [-0.15, -0.1) is 0 Å². The number of carboxylic acid groups (broad SMARTS) is 1. The number of hydrogen-bond acceptors (Lipinski definition) is 6. The van der Waals surface area contributed by atoms with E-state index in [9.17, 15) is 19.1 Å². The summed E-state index contributed by atoms with van der Waals surface area (Å²) < 4.78 is 21.7. The van der Waals surface area contributed by atoms with Gasteiger partial charge in [-0.3, -0.25) is 4.79 Å². The van der Waals surface area contributed by atoms with Crippen molar-refractivity contribution in [2.24, 2.45) is 11.7 Å². The van der Waals surface area contributed by atoms with E-state index in [0.29, 0.717) is 24.5 Å². The first kappa shape index (κ1) is 20.8. The Morgan fingerprint density at radius 1 is 1.35 bits per heavy atom. The van der Waals surface area contributed by atoms with Crippen molar-refractivity contribution < 1.29 is 19.0 Å². The van der Waals surface area contributed by atoms with Gasteiger partial charge in [0.1, 0.15) is 11.3 Å². The van der Waals surface area contributed by atoms with Crippen molar-refractivity contribution in [3.05, 3.63) is 58.1 Å². The van der Waals surface area contributed by atoms with E-state index in [-0.39, 0.29) is 28.8 Å². The fraction of sp³-hybridized carbons (Fsp3) is 0.318. The van der Waals surface area contributed by atoms with Crippen molar-refractivity contribution in [3.8, 4) is 11.4 Å². The molecule has 1 aliphatic rings. The number of rotatable bonds is 5. The number of carbonyl (C=O) groups is 1. The summed E-state index contributed by atoms with van der Waals surface area (Å²) in [6.07, 6.45) is 2.04. The molecule has 31 heavy (non-hydrogen) atoms. The summed E-state index contributed by atoms with van der Waals surface area (Å²) in [4.78, 5) is 30.7. The number of nitrogens with zero attached hydrogens (tertiary/aromatic N) is 3. The molecule has 0 radical (unpaired) electrons. The van der Waals surface area contributed by atoms with Gasteiger partial charge >= 0.3 is 5.97 Å². The largest absolute Gasteiger partial charge is 0.497 e. The molecule has 2 aromatic heterocycles. The van der Waals surface area contributed by atoms with Crippen LogP contribution < -0.4 is 20.8 Å². The van der Waals surface area contributed by atoms with Crippen LogP contribution in [0.2, 0.25) is 0 Å². The lowest BCUT2D eigenvalue weighted by Gasteiger charge is -2.21. The van der Waals surface area contributed by atoms with E-state index in [1.165, 1.54) is 17.9 Å². The molecule has 0 unspecified atom stereocenters. The number of anilines is 1. The number of aromatic nitrogens is 2. The smallest absolute Gasteiger partial charge is 0.341 e. The summed E-state index contributed by atoms with van der Waals surface area (Å²) in [5, 5.41) is 9.39. The Bertz CT molecular complexity index is 1210. The molecule has 2 atom stereocenters. The maximum Gasteiger partial charge on any atom is 0.341 e. The van der Waals surface area contributed by atoms with Crippen LogP contribution in [-0.4, -0.2) is 46.9 Å². The molecular formula is C22H23FN4O4. The van der Waals surface area contributed by atoms with Gasteiger partial charge in [0.2, 0.25) is 5.43 Å². The molecule has 0 spiro atoms. The highest BCUT2D eigenvalue weighted by molar-refractivity contribution is 5.92. The lowest BCUT2D eigenvalue weighted by Crippen LogP contribution is -2.30. The third-order valence-corrected chi connectivity index (χ3v) is 5.76. The Labute approximate surface area is 177 Å². The third kappa shape index (κ3) is 3.72. The van der Waals surface area contributed by atoms with E-state index in [1.54, 1.807) is 24.3 Å². The van der Waals surface area contributed by atoms with Crippen LogP contribution in [0.15, 0.2) is 41.3 Å². The lowest BCUT2D eigenvalue weighted by atomic mass is 10.0. The zero-order valence-corrected chi connectivity index (χ0v) is 17.2. The Hall–Kier alpha value is -3.46. The van der Waals surface area contributed by atoms with Gasteiger partial charge in [-0.2, -0.15) is 0 Å². The topological polar surface area (TPSA) is 111 Å². The molecule has 1 fully saturated rings. The first-order valence-electron chi connectivity index (χ1n) is 9.94. The summed E-state index contributed by atoms with van der Waals surface area (Å²) in [7, 11) is 1.54. The molecule has 3 heterocycles. The number of halogens is 1. The fourth-order valence-corrected chi connectivity index (χ4v) is 3.94. The number of aromatic carboxylic acids is 1. The van der Waals surface area contributed by atoms with Crippen LogP contribution in [0.3, 0.4) is 0 Å². The minimum Gasteiger partial charge on any atom is -0.497 e. The van der Waals surface area contributed by atoms with Gasteiger partial charge in [0.25, 0.3) is 0 Å². The first-order valence-corrected chi connectivity index (χ1v) is 9.94. The van der Waals surface area contributed by atoms with Crippen molar-refractivity contribution in [3.63, 3.8) is 0 Å². The predicted octanol–water partition coefficient (Wildman–Crippen LogP) is 2.41. The number of carboxylic acids is 1. The minimum atomic E-state index is -1.39. The molecule has 0 aliphatic carbocycles. The van der Waals surface area contributed by atoms with Crippen molar-refractivity contribution in [2.45, 2.75) is 19.4 Å². The zero-order valence-electron chi connectivity index (χ0n) is 17.2. The number of ether oxygens (including phenoxy) is 1. The van der Waals surface area contributed by atoms with Crippen LogP contribution in [0.5, 0.6) is 5.75 Å². The highest BCUT2D eigenvalue weighted by atomic mass is 19.1. The van der Waals surface area contributed by atoms with E-state index in [4.69, 9.17) is 10.5 Å². The number of hydrogen-bond donors (Lipinski definition) is 2. The van der Waals surface area contributed by atoms with E-state index < -0.39 is 22.8 Å². The molecule has 4 rings (SSSR count). The Balaban J connectivity index is 1.93. The van der Waals surface area contributed by atoms with Crippen molar-refractivity contribution in [1.82, 2.24) is 9.55 Å². The average molecular weight is 426 g/mol. The highest BCUT2D eigenvalue weighted by Crippen LogP contribution is 2.29. The molecule has 3 N–H and O–H groups in total. The molecule has 0 amide bonds. The SMILES string of the molecule is COc1ccc(-n2cc(C(=O)O)c(=O)c3cc(F)c(N4CC[C@@H]([C@H](C)N)C4)nc32)cc1. The van der Waals surface area contributed by atoms with Crippen LogP contribution in [-0.2, 0) is 0 Å². The fourth-order valence-electron chi connectivity index (χ4n) is 3.94. The average Bonchev–Trinajstić information content (AvgIpc) is 3.24. The number of nitrogens with two attached hydrogens (primary N) is 1. The Morgan fingerprint density at radius 3 is 2.65 bits per heavy atom. The van der Waals surface area contributed by atoms with Crippen LogP contribution in [0.4, 0.5) is 10.2 Å². The Morgan fingerprint density at radius 2 is 2.06 bits per heavy atom. The van der Waals surface area contributed by atoms with Gasteiger partial charge in [0.15, 0.2) is 17.3 Å². The summed E-state index contributed by atoms with van der Waals surface area (Å²) >= 11 is 0. The molecule has 162 valence electrons. The van der Waals surface area contributed by atoms with Crippen LogP contribution in [0.25, 0.3) is 16.7 Å². The summed E-state index contributed by atoms with van der Waals surface area (Å²) in [6.45, 7) is 3.09. The minimum absolute atomic E-state index is 0.0240. The van der Waals surface area contributed by atoms with Crippen LogP contribution in [0.1, 0.15) is 23.7 Å². The quantitative estimate of drug-likeness (QED) is 0.645. The standard InChI is InChI=1S/C22H23FN4O4/c1-12(24)13-7-8-26(10-13)21-18(23)9-16-19(28)17(22(29)30)11-27(20(16)25-21)14-3-5-15(31-2)6-4-14/h3-6,9,11-13H,7-8,10,24H2,1-2H3,(H,29,30)/t12-,13+/m0/s1. The van der Waals surface area contributed by atoms with Crippen molar-refractivity contribution >= 4 is 22.8 Å². The molecule has 1 aromatic carbocycles. The molecular weight excluding hydrogens is 403 g/mol. The summed E-state index contributed by atoms with van der Waals surface area (Å²) in [5.41, 5.74) is 5.51. The van der Waals surface area contributed by atoms with Gasteiger partial charge in [0.05, 0.1) is 12.5 Å². The molecule has 3 aromatic rings. The molecule has 9 heteroatoms. The molecule has 8 nitrogen and oxygen atoms in total. The number of fused-ring (bicyclic) bond motifs is 1. The number of methoxy groups -OCH3 is 1. The maximum absolute atomic E-state index is 15.0. The lowest BCUT2D eigenvalue weighted by molar-refractivity contribution is 0.0695. The van der Waals surface area contributed by atoms with E-state index in [2.05, 4.69) is 4.98 Å². The van der Waals surface area contributed by atoms with E-state index in [0.717, 1.165) is 12.5 Å². The number of pyridine rings is 2. The first-order chi connectivity index (χ1) is 14.8. The van der Waals surface area contributed by atoms with E-state index >= 15 is 0 Å². The van der Waals surface area contributed by atoms with Crippen LogP contribution in [0, 0.1) is 11.7 Å². The highest BCUT2D eigenvalue weighted by Gasteiger charge is 2.29. The van der Waals surface area contributed by atoms with Gasteiger partial charge in [-0.25, -0.2) is 14.2 Å². The molecule has 0 bridgehead atoms. The second kappa shape index (κ2) is 7.99. The van der Waals surface area contributed by atoms with Crippen molar-refractivity contribution in [1.29, 1.82) is 0 Å². The second-order valence-corrected chi connectivity index (χ2v) is 7.76. The predicted molar refractivity (Wildman–Crippen MR) is 115 cm³/mol. The molecule has 1 aliphatic heterocycles. The van der Waals surface area contributed by atoms with Gasteiger partial charge in [0, 0.05) is 31.0 Å².